The summed E-state index contributed by atoms with van der Waals surface area (Å²) in [5.74, 6) is 0. The zero-order valence-electron chi connectivity index (χ0n) is 9.33. The molecule has 0 heterocycles. The van der Waals surface area contributed by atoms with Crippen molar-refractivity contribution in [1.29, 1.82) is 0 Å². The van der Waals surface area contributed by atoms with E-state index in [9.17, 15) is 0 Å². The molecule has 0 amide bonds. The van der Waals surface area contributed by atoms with Crippen LogP contribution in [0.15, 0.2) is 53.1 Å². The van der Waals surface area contributed by atoms with E-state index in [4.69, 9.17) is 0 Å². The SMILES string of the molecule is C=C(/C=C\C)C(/C=C\C)=C/C=N\CC. The monoisotopic (exact) mass is 189 g/mol. The van der Waals surface area contributed by atoms with Gasteiger partial charge in [0, 0.05) is 12.8 Å². The molecule has 0 radical (unpaired) electrons. The minimum Gasteiger partial charge on any atom is -0.293 e. The average Bonchev–Trinajstić information content (AvgIpc) is 2.17. The number of aliphatic imine (C=N–C) groups is 1. The van der Waals surface area contributed by atoms with Crippen molar-refractivity contribution in [2.24, 2.45) is 4.99 Å². The quantitative estimate of drug-likeness (QED) is 0.462. The van der Waals surface area contributed by atoms with Crippen LogP contribution in [0.25, 0.3) is 0 Å². The van der Waals surface area contributed by atoms with Crippen LogP contribution in [0.5, 0.6) is 0 Å². The molecule has 0 aromatic carbocycles. The highest BCUT2D eigenvalue weighted by molar-refractivity contribution is 5.75. The summed E-state index contributed by atoms with van der Waals surface area (Å²) in [5, 5.41) is 0. The Morgan fingerprint density at radius 3 is 2.36 bits per heavy atom. The molecule has 0 atom stereocenters. The van der Waals surface area contributed by atoms with Crippen LogP contribution in [0.3, 0.4) is 0 Å². The van der Waals surface area contributed by atoms with Crippen LogP contribution in [-0.2, 0) is 0 Å². The van der Waals surface area contributed by atoms with Crippen LogP contribution in [0.4, 0.5) is 0 Å². The van der Waals surface area contributed by atoms with Crippen molar-refractivity contribution in [3.63, 3.8) is 0 Å². The maximum absolute atomic E-state index is 4.14. The smallest absolute Gasteiger partial charge is 0.0360 e. The number of hydrogen-bond acceptors (Lipinski definition) is 1. The van der Waals surface area contributed by atoms with Gasteiger partial charge in [-0.1, -0.05) is 30.9 Å². The van der Waals surface area contributed by atoms with Gasteiger partial charge < -0.3 is 0 Å². The standard InChI is InChI=1S/C13H19N/c1-5-8-12(4)13(9-6-2)10-11-14-7-3/h5-6,8-11H,4,7H2,1-3H3/b8-5-,9-6-,13-10+,14-11-. The minimum atomic E-state index is 0.815. The Hall–Kier alpha value is -1.37. The van der Waals surface area contributed by atoms with Gasteiger partial charge in [-0.2, -0.15) is 0 Å². The number of rotatable bonds is 5. The Labute approximate surface area is 87.3 Å². The Bertz CT molecular complexity index is 278. The van der Waals surface area contributed by atoms with Gasteiger partial charge >= 0.3 is 0 Å². The highest BCUT2D eigenvalue weighted by Crippen LogP contribution is 2.10. The summed E-state index contributed by atoms with van der Waals surface area (Å²) in [5.41, 5.74) is 2.11. The van der Waals surface area contributed by atoms with Crippen LogP contribution in [-0.4, -0.2) is 12.8 Å². The number of hydrogen-bond donors (Lipinski definition) is 0. The number of nitrogens with zero attached hydrogens (tertiary/aromatic N) is 1. The third-order valence-electron chi connectivity index (χ3n) is 1.63. The van der Waals surface area contributed by atoms with Gasteiger partial charge in [-0.15, -0.1) is 0 Å². The van der Waals surface area contributed by atoms with E-state index < -0.39 is 0 Å². The minimum absolute atomic E-state index is 0.815. The van der Waals surface area contributed by atoms with Crippen molar-refractivity contribution >= 4 is 6.21 Å². The van der Waals surface area contributed by atoms with Crippen molar-refractivity contribution in [3.05, 3.63) is 48.1 Å². The Morgan fingerprint density at radius 1 is 1.21 bits per heavy atom. The fraction of sp³-hybridized carbons (Fsp3) is 0.308. The van der Waals surface area contributed by atoms with Gasteiger partial charge in [-0.3, -0.25) is 4.99 Å². The fourth-order valence-corrected chi connectivity index (χ4v) is 0.985. The highest BCUT2D eigenvalue weighted by Gasteiger charge is 1.92. The van der Waals surface area contributed by atoms with E-state index in [-0.39, 0.29) is 0 Å². The maximum atomic E-state index is 4.14. The Morgan fingerprint density at radius 2 is 1.86 bits per heavy atom. The fourth-order valence-electron chi connectivity index (χ4n) is 0.985. The molecular weight excluding hydrogens is 170 g/mol. The summed E-state index contributed by atoms with van der Waals surface area (Å²) in [6, 6.07) is 0. The molecule has 0 bridgehead atoms. The molecule has 0 saturated heterocycles. The highest BCUT2D eigenvalue weighted by atomic mass is 14.7. The van der Waals surface area contributed by atoms with Gasteiger partial charge in [0.25, 0.3) is 0 Å². The molecule has 0 unspecified atom stereocenters. The first-order chi connectivity index (χ1) is 6.76. The van der Waals surface area contributed by atoms with Gasteiger partial charge in [0.05, 0.1) is 0 Å². The lowest BCUT2D eigenvalue weighted by atomic mass is 10.1. The predicted octanol–water partition coefficient (Wildman–Crippen LogP) is 3.71. The first-order valence-corrected chi connectivity index (χ1v) is 4.91. The van der Waals surface area contributed by atoms with E-state index in [0.717, 1.165) is 17.7 Å². The summed E-state index contributed by atoms with van der Waals surface area (Å²) in [6.45, 7) is 10.8. The van der Waals surface area contributed by atoms with Gasteiger partial charge in [0.2, 0.25) is 0 Å². The lowest BCUT2D eigenvalue weighted by Gasteiger charge is -1.99. The van der Waals surface area contributed by atoms with Crippen LogP contribution in [0.2, 0.25) is 0 Å². The van der Waals surface area contributed by atoms with Crippen LogP contribution in [0.1, 0.15) is 20.8 Å². The summed E-state index contributed by atoms with van der Waals surface area (Å²) in [6.07, 6.45) is 11.8. The summed E-state index contributed by atoms with van der Waals surface area (Å²) in [4.78, 5) is 4.14. The molecule has 0 aliphatic heterocycles. The molecule has 0 aromatic rings. The topological polar surface area (TPSA) is 12.4 Å². The molecule has 0 fully saturated rings. The van der Waals surface area contributed by atoms with E-state index in [2.05, 4.69) is 11.6 Å². The third-order valence-corrected chi connectivity index (χ3v) is 1.63. The zero-order chi connectivity index (χ0) is 10.8. The molecule has 1 heteroatoms. The van der Waals surface area contributed by atoms with Crippen molar-refractivity contribution in [1.82, 2.24) is 0 Å². The van der Waals surface area contributed by atoms with E-state index in [1.165, 1.54) is 0 Å². The largest absolute Gasteiger partial charge is 0.293 e. The molecule has 0 aromatic heterocycles. The lowest BCUT2D eigenvalue weighted by molar-refractivity contribution is 1.14. The van der Waals surface area contributed by atoms with Crippen LogP contribution >= 0.6 is 0 Å². The molecule has 0 saturated carbocycles. The molecular formula is C13H19N. The van der Waals surface area contributed by atoms with E-state index in [0.29, 0.717) is 0 Å². The molecule has 0 spiro atoms. The van der Waals surface area contributed by atoms with E-state index in [1.807, 2.05) is 57.4 Å². The van der Waals surface area contributed by atoms with Crippen molar-refractivity contribution in [2.45, 2.75) is 20.8 Å². The first kappa shape index (κ1) is 12.6. The second kappa shape index (κ2) is 8.24. The third kappa shape index (κ3) is 5.31. The zero-order valence-corrected chi connectivity index (χ0v) is 9.33. The molecule has 14 heavy (non-hydrogen) atoms. The maximum Gasteiger partial charge on any atom is 0.0360 e. The summed E-state index contributed by atoms with van der Waals surface area (Å²) in [7, 11) is 0. The van der Waals surface area contributed by atoms with Crippen molar-refractivity contribution in [3.8, 4) is 0 Å². The lowest BCUT2D eigenvalue weighted by Crippen LogP contribution is -1.82. The average molecular weight is 189 g/mol. The van der Waals surface area contributed by atoms with Crippen molar-refractivity contribution < 1.29 is 0 Å². The molecule has 0 aliphatic rings. The second-order valence-electron chi connectivity index (χ2n) is 2.80. The van der Waals surface area contributed by atoms with Gasteiger partial charge in [0.15, 0.2) is 0 Å². The summed E-state index contributed by atoms with van der Waals surface area (Å²) < 4.78 is 0. The van der Waals surface area contributed by atoms with Crippen LogP contribution < -0.4 is 0 Å². The Kier molecular flexibility index (Phi) is 7.43. The predicted molar refractivity (Wildman–Crippen MR) is 65.9 cm³/mol. The first-order valence-electron chi connectivity index (χ1n) is 4.91. The molecule has 1 nitrogen and oxygen atoms in total. The van der Waals surface area contributed by atoms with Crippen LogP contribution in [0, 0.1) is 0 Å². The Balaban J connectivity index is 4.66. The molecule has 0 rings (SSSR count). The normalized spacial score (nSPS) is 13.5. The molecule has 0 aliphatic carbocycles. The number of allylic oxidation sites excluding steroid dienone is 7. The molecule has 76 valence electrons. The van der Waals surface area contributed by atoms with Gasteiger partial charge in [-0.05, 0) is 38.0 Å². The second-order valence-corrected chi connectivity index (χ2v) is 2.80. The molecule has 0 N–H and O–H groups in total. The van der Waals surface area contributed by atoms with Gasteiger partial charge in [-0.25, -0.2) is 0 Å². The van der Waals surface area contributed by atoms with E-state index in [1.54, 1.807) is 0 Å². The van der Waals surface area contributed by atoms with Gasteiger partial charge in [0.1, 0.15) is 0 Å². The van der Waals surface area contributed by atoms with Crippen molar-refractivity contribution in [2.75, 3.05) is 6.54 Å². The van der Waals surface area contributed by atoms with E-state index >= 15 is 0 Å². The summed E-state index contributed by atoms with van der Waals surface area (Å²) >= 11 is 0.